The fourth-order valence-electron chi connectivity index (χ4n) is 1.74. The lowest BCUT2D eigenvalue weighted by Gasteiger charge is -2.06. The van der Waals surface area contributed by atoms with Gasteiger partial charge in [-0.15, -0.1) is 0 Å². The van der Waals surface area contributed by atoms with E-state index in [-0.39, 0.29) is 11.3 Å². The van der Waals surface area contributed by atoms with Crippen LogP contribution < -0.4 is 10.5 Å². The molecule has 0 spiro atoms. The quantitative estimate of drug-likeness (QED) is 0.295. The monoisotopic (exact) mass is 299 g/mol. The summed E-state index contributed by atoms with van der Waals surface area (Å²) in [5, 5.41) is 8.31. The minimum absolute atomic E-state index is 0.171. The molecule has 6 nitrogen and oxygen atoms in total. The van der Waals surface area contributed by atoms with E-state index in [1.807, 2.05) is 0 Å². The molecule has 0 atom stereocenters. The second-order valence-corrected chi connectivity index (χ2v) is 4.40. The molecule has 112 valence electrons. The Morgan fingerprint density at radius 2 is 1.45 bits per heavy atom. The lowest BCUT2D eigenvalue weighted by atomic mass is 10.0. The van der Waals surface area contributed by atoms with Crippen LogP contribution >= 0.6 is 0 Å². The van der Waals surface area contributed by atoms with E-state index in [4.69, 9.17) is 15.7 Å². The predicted octanol–water partition coefficient (Wildman–Crippen LogP) is 2.36. The van der Waals surface area contributed by atoms with Crippen LogP contribution in [0.2, 0.25) is 0 Å². The molecule has 0 fully saturated rings. The molecule has 22 heavy (non-hydrogen) atoms. The number of ether oxygens (including phenoxy) is 1. The average Bonchev–Trinajstić information content (AvgIpc) is 2.55. The molecule has 0 unspecified atom stereocenters. The summed E-state index contributed by atoms with van der Waals surface area (Å²) in [5.41, 5.74) is 6.99. The Morgan fingerprint density at radius 1 is 0.955 bits per heavy atom. The van der Waals surface area contributed by atoms with Crippen molar-refractivity contribution in [1.82, 2.24) is 0 Å². The topological polar surface area (TPSA) is 98.9 Å². The van der Waals surface area contributed by atoms with Crippen LogP contribution in [0.5, 0.6) is 5.75 Å². The third-order valence-electron chi connectivity index (χ3n) is 2.86. The normalized spacial score (nSPS) is 9.86. The molecule has 2 aromatic rings. The van der Waals surface area contributed by atoms with E-state index in [9.17, 15) is 9.59 Å². The molecule has 0 amide bonds. The summed E-state index contributed by atoms with van der Waals surface area (Å²) >= 11 is 0. The molecule has 0 aromatic heterocycles. The first-order valence-corrected chi connectivity index (χ1v) is 6.24. The van der Waals surface area contributed by atoms with Gasteiger partial charge in [0.25, 0.3) is 0 Å². The van der Waals surface area contributed by atoms with Crippen molar-refractivity contribution >= 4 is 11.9 Å². The molecule has 2 aromatic carbocycles. The van der Waals surface area contributed by atoms with E-state index >= 15 is 0 Å². The minimum atomic E-state index is -0.823. The molecule has 0 saturated carbocycles. The molecule has 2 rings (SSSR count). The van der Waals surface area contributed by atoms with Gasteiger partial charge in [0, 0.05) is 0 Å². The van der Waals surface area contributed by atoms with Gasteiger partial charge >= 0.3 is 11.9 Å². The van der Waals surface area contributed by atoms with Crippen molar-refractivity contribution in [2.24, 2.45) is 5.73 Å². The van der Waals surface area contributed by atoms with Gasteiger partial charge < -0.3 is 10.5 Å². The van der Waals surface area contributed by atoms with Crippen molar-refractivity contribution in [2.45, 2.75) is 0 Å². The Labute approximate surface area is 126 Å². The molecule has 6 heteroatoms. The summed E-state index contributed by atoms with van der Waals surface area (Å²) in [5.74, 6) is -1.17. The number of rotatable bonds is 4. The number of carbonyl (C=O) groups excluding carboxylic acids is 2. The van der Waals surface area contributed by atoms with Gasteiger partial charge in [-0.25, -0.2) is 9.59 Å². The maximum Gasteiger partial charge on any atom is 0.372 e. The van der Waals surface area contributed by atoms with Gasteiger partial charge in [-0.2, -0.15) is 5.26 Å². The summed E-state index contributed by atoms with van der Waals surface area (Å²) in [6.45, 7) is 3.29. The number of hydrogen-bond donors (Lipinski definition) is 2. The maximum absolute atomic E-state index is 11.3. The molecule has 0 saturated heterocycles. The van der Waals surface area contributed by atoms with Crippen molar-refractivity contribution in [3.63, 3.8) is 0 Å². The van der Waals surface area contributed by atoms with E-state index in [1.54, 1.807) is 36.4 Å². The van der Waals surface area contributed by atoms with Gasteiger partial charge in [-0.05, 0) is 35.4 Å². The first-order chi connectivity index (χ1) is 10.5. The largest absolute Gasteiger partial charge is 0.422 e. The van der Waals surface area contributed by atoms with Crippen molar-refractivity contribution in [3.8, 4) is 16.9 Å². The van der Waals surface area contributed by atoms with Gasteiger partial charge in [0.1, 0.15) is 11.4 Å². The average molecular weight is 299 g/mol. The molecule has 0 aliphatic heterocycles. The standard InChI is InChI=1S/C16H13NO5/c1-10(17)15(18)21-14-8-6-12(7-9-14)11-2-4-13(5-3-11)16(19)22-20/h2-9,20H,1,17H2. The zero-order chi connectivity index (χ0) is 16.1. The summed E-state index contributed by atoms with van der Waals surface area (Å²) in [4.78, 5) is 26.1. The number of benzene rings is 2. The van der Waals surface area contributed by atoms with E-state index in [0.717, 1.165) is 11.1 Å². The lowest BCUT2D eigenvalue weighted by molar-refractivity contribution is -0.182. The van der Waals surface area contributed by atoms with Gasteiger partial charge in [-0.3, -0.25) is 4.89 Å². The highest BCUT2D eigenvalue weighted by molar-refractivity contribution is 5.90. The molecular weight excluding hydrogens is 286 g/mol. The fraction of sp³-hybridized carbons (Fsp3) is 0. The van der Waals surface area contributed by atoms with Crippen LogP contribution in [0.15, 0.2) is 60.8 Å². The molecule has 0 bridgehead atoms. The number of esters is 1. The lowest BCUT2D eigenvalue weighted by Crippen LogP contribution is -2.16. The highest BCUT2D eigenvalue weighted by Crippen LogP contribution is 2.23. The van der Waals surface area contributed by atoms with Crippen LogP contribution in [0.25, 0.3) is 11.1 Å². The van der Waals surface area contributed by atoms with Gasteiger partial charge in [-0.1, -0.05) is 30.8 Å². The summed E-state index contributed by atoms with van der Waals surface area (Å²) in [6, 6.07) is 13.2. The molecule has 0 aliphatic carbocycles. The Hall–Kier alpha value is -3.12. The minimum Gasteiger partial charge on any atom is -0.422 e. The highest BCUT2D eigenvalue weighted by Gasteiger charge is 2.08. The van der Waals surface area contributed by atoms with Crippen molar-refractivity contribution in [1.29, 1.82) is 0 Å². The van der Waals surface area contributed by atoms with E-state index < -0.39 is 11.9 Å². The highest BCUT2D eigenvalue weighted by atomic mass is 17.1. The first kappa shape index (κ1) is 15.3. The summed E-state index contributed by atoms with van der Waals surface area (Å²) < 4.78 is 4.98. The van der Waals surface area contributed by atoms with Crippen LogP contribution in [-0.4, -0.2) is 17.2 Å². The first-order valence-electron chi connectivity index (χ1n) is 6.24. The predicted molar refractivity (Wildman–Crippen MR) is 78.9 cm³/mol. The summed E-state index contributed by atoms with van der Waals surface area (Å²) in [6.07, 6.45) is 0. The Bertz CT molecular complexity index is 704. The fourth-order valence-corrected chi connectivity index (χ4v) is 1.74. The molecule has 0 aliphatic rings. The molecular formula is C16H13NO5. The molecule has 0 radical (unpaired) electrons. The molecule has 0 heterocycles. The van der Waals surface area contributed by atoms with Gasteiger partial charge in [0.2, 0.25) is 0 Å². The van der Waals surface area contributed by atoms with Crippen LogP contribution in [0.1, 0.15) is 10.4 Å². The van der Waals surface area contributed by atoms with E-state index in [2.05, 4.69) is 11.5 Å². The Kier molecular flexibility index (Phi) is 4.55. The molecule has 3 N–H and O–H groups in total. The van der Waals surface area contributed by atoms with Gasteiger partial charge in [0.05, 0.1) is 5.56 Å². The van der Waals surface area contributed by atoms with Gasteiger partial charge in [0.15, 0.2) is 0 Å². The zero-order valence-electron chi connectivity index (χ0n) is 11.5. The Morgan fingerprint density at radius 3 is 1.91 bits per heavy atom. The van der Waals surface area contributed by atoms with Crippen LogP contribution in [0, 0.1) is 0 Å². The number of nitrogens with two attached hydrogens (primary N) is 1. The zero-order valence-corrected chi connectivity index (χ0v) is 11.5. The second kappa shape index (κ2) is 6.55. The second-order valence-electron chi connectivity index (χ2n) is 4.40. The number of hydrogen-bond acceptors (Lipinski definition) is 6. The van der Waals surface area contributed by atoms with E-state index in [1.165, 1.54) is 12.1 Å². The smallest absolute Gasteiger partial charge is 0.372 e. The third kappa shape index (κ3) is 3.50. The van der Waals surface area contributed by atoms with Crippen LogP contribution in [-0.2, 0) is 9.68 Å². The SMILES string of the molecule is C=C(N)C(=O)Oc1ccc(-c2ccc(C(=O)OO)cc2)cc1. The van der Waals surface area contributed by atoms with Crippen LogP contribution in [0.4, 0.5) is 0 Å². The van der Waals surface area contributed by atoms with E-state index in [0.29, 0.717) is 5.75 Å². The van der Waals surface area contributed by atoms with Crippen molar-refractivity contribution < 1.29 is 24.5 Å². The summed E-state index contributed by atoms with van der Waals surface area (Å²) in [7, 11) is 0. The van der Waals surface area contributed by atoms with Crippen molar-refractivity contribution in [2.75, 3.05) is 0 Å². The number of carbonyl (C=O) groups is 2. The third-order valence-corrected chi connectivity index (χ3v) is 2.86. The maximum atomic E-state index is 11.3. The van der Waals surface area contributed by atoms with Crippen molar-refractivity contribution in [3.05, 3.63) is 66.4 Å². The van der Waals surface area contributed by atoms with Crippen LogP contribution in [0.3, 0.4) is 0 Å². The Balaban J connectivity index is 2.15.